The molecule has 0 saturated heterocycles. The summed E-state index contributed by atoms with van der Waals surface area (Å²) in [4.78, 5) is 16.9. The predicted octanol–water partition coefficient (Wildman–Crippen LogP) is 3.35. The molecule has 0 aliphatic carbocycles. The van der Waals surface area contributed by atoms with Gasteiger partial charge in [-0.2, -0.15) is 0 Å². The fraction of sp³-hybridized carbons (Fsp3) is 0.176. The lowest BCUT2D eigenvalue weighted by Gasteiger charge is -2.11. The minimum absolute atomic E-state index is 0.223. The summed E-state index contributed by atoms with van der Waals surface area (Å²) in [6.45, 7) is -0.223. The third-order valence-corrected chi connectivity index (χ3v) is 3.28. The molecule has 0 spiro atoms. The first-order valence-corrected chi connectivity index (χ1v) is 7.43. The van der Waals surface area contributed by atoms with Crippen molar-refractivity contribution in [2.24, 2.45) is 5.16 Å². The minimum atomic E-state index is -0.355. The second kappa shape index (κ2) is 8.79. The van der Waals surface area contributed by atoms with E-state index in [2.05, 4.69) is 10.5 Å². The molecule has 0 bridgehead atoms. The van der Waals surface area contributed by atoms with Crippen molar-refractivity contribution in [2.75, 3.05) is 26.1 Å². The summed E-state index contributed by atoms with van der Waals surface area (Å²) in [6, 6.07) is 12.1. The van der Waals surface area contributed by atoms with E-state index in [1.807, 2.05) is 0 Å². The zero-order valence-electron chi connectivity index (χ0n) is 13.3. The number of hydrogen-bond acceptors (Lipinski definition) is 5. The number of halogens is 1. The molecular weight excluding hydrogens is 332 g/mol. The van der Waals surface area contributed by atoms with Crippen LogP contribution in [0.3, 0.4) is 0 Å². The van der Waals surface area contributed by atoms with Crippen molar-refractivity contribution < 1.29 is 19.1 Å². The van der Waals surface area contributed by atoms with E-state index in [9.17, 15) is 4.79 Å². The second-order valence-electron chi connectivity index (χ2n) is 4.67. The van der Waals surface area contributed by atoms with Crippen LogP contribution in [0, 0.1) is 0 Å². The Morgan fingerprint density at radius 3 is 2.58 bits per heavy atom. The first kappa shape index (κ1) is 17.6. The van der Waals surface area contributed by atoms with E-state index in [1.165, 1.54) is 13.3 Å². The molecule has 1 N–H and O–H groups in total. The second-order valence-corrected chi connectivity index (χ2v) is 5.11. The number of anilines is 1. The Morgan fingerprint density at radius 2 is 1.92 bits per heavy atom. The molecule has 0 atom stereocenters. The average molecular weight is 349 g/mol. The number of benzene rings is 2. The highest BCUT2D eigenvalue weighted by Crippen LogP contribution is 2.28. The molecule has 0 aliphatic rings. The molecule has 0 aromatic heterocycles. The summed E-state index contributed by atoms with van der Waals surface area (Å²) in [6.07, 6.45) is 1.50. The van der Waals surface area contributed by atoms with E-state index in [0.717, 1.165) is 5.56 Å². The Balaban J connectivity index is 1.86. The van der Waals surface area contributed by atoms with Gasteiger partial charge in [0.15, 0.2) is 6.61 Å². The molecular formula is C17H17ClN2O4. The molecule has 0 fully saturated rings. The largest absolute Gasteiger partial charge is 0.497 e. The zero-order valence-corrected chi connectivity index (χ0v) is 14.0. The molecule has 2 rings (SSSR count). The van der Waals surface area contributed by atoms with Crippen LogP contribution in [-0.2, 0) is 9.63 Å². The molecule has 2 aromatic rings. The average Bonchev–Trinajstić information content (AvgIpc) is 2.60. The number of ether oxygens (including phenoxy) is 2. The lowest BCUT2D eigenvalue weighted by molar-refractivity contribution is -0.120. The van der Waals surface area contributed by atoms with E-state index in [-0.39, 0.29) is 12.5 Å². The van der Waals surface area contributed by atoms with Gasteiger partial charge in [-0.15, -0.1) is 0 Å². The van der Waals surface area contributed by atoms with Crippen LogP contribution >= 0.6 is 11.6 Å². The van der Waals surface area contributed by atoms with Gasteiger partial charge in [0.05, 0.1) is 26.1 Å². The number of rotatable bonds is 7. The lowest BCUT2D eigenvalue weighted by Crippen LogP contribution is -2.17. The maximum Gasteiger partial charge on any atom is 0.265 e. The minimum Gasteiger partial charge on any atom is -0.497 e. The van der Waals surface area contributed by atoms with Gasteiger partial charge in [-0.25, -0.2) is 0 Å². The first-order chi connectivity index (χ1) is 11.6. The van der Waals surface area contributed by atoms with Crippen LogP contribution in [0.4, 0.5) is 5.69 Å². The van der Waals surface area contributed by atoms with Crippen molar-refractivity contribution in [1.29, 1.82) is 0 Å². The predicted molar refractivity (Wildman–Crippen MR) is 93.2 cm³/mol. The van der Waals surface area contributed by atoms with Gasteiger partial charge < -0.3 is 19.6 Å². The fourth-order valence-electron chi connectivity index (χ4n) is 1.83. The summed E-state index contributed by atoms with van der Waals surface area (Å²) in [5.41, 5.74) is 1.34. The van der Waals surface area contributed by atoms with E-state index in [4.69, 9.17) is 25.9 Å². The van der Waals surface area contributed by atoms with Crippen molar-refractivity contribution in [3.63, 3.8) is 0 Å². The third-order valence-electron chi connectivity index (χ3n) is 3.02. The van der Waals surface area contributed by atoms with Crippen molar-refractivity contribution in [2.45, 2.75) is 0 Å². The number of nitrogens with zero attached hydrogens (tertiary/aromatic N) is 1. The van der Waals surface area contributed by atoms with E-state index in [0.29, 0.717) is 22.2 Å². The third kappa shape index (κ3) is 5.17. The maximum absolute atomic E-state index is 11.9. The van der Waals surface area contributed by atoms with E-state index < -0.39 is 0 Å². The Morgan fingerprint density at radius 1 is 1.17 bits per heavy atom. The Kier molecular flexibility index (Phi) is 6.45. The van der Waals surface area contributed by atoms with Crippen molar-refractivity contribution >= 4 is 29.4 Å². The lowest BCUT2D eigenvalue weighted by atomic mass is 10.2. The van der Waals surface area contributed by atoms with Gasteiger partial charge in [-0.3, -0.25) is 4.79 Å². The summed E-state index contributed by atoms with van der Waals surface area (Å²) in [5.74, 6) is 0.771. The van der Waals surface area contributed by atoms with Crippen LogP contribution in [0.5, 0.6) is 11.5 Å². The van der Waals surface area contributed by atoms with Crippen LogP contribution in [0.25, 0.3) is 0 Å². The molecule has 2 aromatic carbocycles. The summed E-state index contributed by atoms with van der Waals surface area (Å²) in [7, 11) is 3.07. The Labute approximate surface area is 145 Å². The number of amides is 1. The maximum atomic E-state index is 11.9. The molecule has 7 heteroatoms. The monoisotopic (exact) mass is 348 g/mol. The van der Waals surface area contributed by atoms with Gasteiger partial charge in [0.1, 0.15) is 11.5 Å². The smallest absolute Gasteiger partial charge is 0.265 e. The van der Waals surface area contributed by atoms with Crippen molar-refractivity contribution in [3.05, 3.63) is 53.1 Å². The first-order valence-electron chi connectivity index (χ1n) is 7.05. The van der Waals surface area contributed by atoms with Gasteiger partial charge in [-0.05, 0) is 29.8 Å². The molecule has 0 unspecified atom stereocenters. The van der Waals surface area contributed by atoms with Crippen LogP contribution in [0.2, 0.25) is 5.02 Å². The van der Waals surface area contributed by atoms with Crippen LogP contribution in [0.15, 0.2) is 47.6 Å². The molecule has 126 valence electrons. The highest BCUT2D eigenvalue weighted by atomic mass is 35.5. The number of nitrogens with one attached hydrogen (secondary N) is 1. The van der Waals surface area contributed by atoms with Crippen LogP contribution < -0.4 is 14.8 Å². The van der Waals surface area contributed by atoms with Gasteiger partial charge >= 0.3 is 0 Å². The van der Waals surface area contributed by atoms with Crippen LogP contribution in [0.1, 0.15) is 5.56 Å². The molecule has 0 heterocycles. The fourth-order valence-corrected chi connectivity index (χ4v) is 1.96. The molecule has 6 nitrogen and oxygen atoms in total. The number of hydrogen-bond donors (Lipinski definition) is 1. The van der Waals surface area contributed by atoms with E-state index >= 15 is 0 Å². The SMILES string of the molecule is COc1ccc(NC(=O)CO/N=C/c2ccc(Cl)cc2)c(OC)c1. The zero-order chi connectivity index (χ0) is 17.4. The van der Waals surface area contributed by atoms with Gasteiger partial charge in [-0.1, -0.05) is 28.9 Å². The molecule has 0 saturated carbocycles. The van der Waals surface area contributed by atoms with Crippen molar-refractivity contribution in [1.82, 2.24) is 0 Å². The van der Waals surface area contributed by atoms with Crippen LogP contribution in [-0.4, -0.2) is 32.9 Å². The summed E-state index contributed by atoms with van der Waals surface area (Å²) in [5, 5.41) is 7.07. The Hall–Kier alpha value is -2.73. The number of carbonyl (C=O) groups is 1. The van der Waals surface area contributed by atoms with Crippen molar-refractivity contribution in [3.8, 4) is 11.5 Å². The quantitative estimate of drug-likeness (QED) is 0.615. The van der Waals surface area contributed by atoms with E-state index in [1.54, 1.807) is 49.6 Å². The molecule has 0 radical (unpaired) electrons. The number of methoxy groups -OCH3 is 2. The van der Waals surface area contributed by atoms with Gasteiger partial charge in [0, 0.05) is 11.1 Å². The van der Waals surface area contributed by atoms with Gasteiger partial charge in [0.25, 0.3) is 5.91 Å². The summed E-state index contributed by atoms with van der Waals surface area (Å²) >= 11 is 5.79. The number of oxime groups is 1. The summed E-state index contributed by atoms with van der Waals surface area (Å²) < 4.78 is 10.3. The molecule has 24 heavy (non-hydrogen) atoms. The highest BCUT2D eigenvalue weighted by Gasteiger charge is 2.09. The Bertz CT molecular complexity index is 717. The molecule has 1 amide bonds. The topological polar surface area (TPSA) is 69.2 Å². The number of carbonyl (C=O) groups excluding carboxylic acids is 1. The molecule has 0 aliphatic heterocycles. The standard InChI is InChI=1S/C17H17ClN2O4/c1-22-14-7-8-15(16(9-14)23-2)20-17(21)11-24-19-10-12-3-5-13(18)6-4-12/h3-10H,11H2,1-2H3,(H,20,21)/b19-10+. The van der Waals surface area contributed by atoms with Gasteiger partial charge in [0.2, 0.25) is 0 Å². The highest BCUT2D eigenvalue weighted by molar-refractivity contribution is 6.30. The normalized spacial score (nSPS) is 10.5.